The van der Waals surface area contributed by atoms with Crippen molar-refractivity contribution in [2.45, 2.75) is 238 Å². The molecule has 0 spiro atoms. The van der Waals surface area contributed by atoms with Crippen molar-refractivity contribution in [1.82, 2.24) is 46.2 Å². The number of aliphatic hydroxyl groups excluding tert-OH is 1. The molecule has 0 saturated carbocycles. The van der Waals surface area contributed by atoms with Gasteiger partial charge >= 0.3 is 17.9 Å². The number of likely N-dealkylation sites (tertiary alicyclic amines) is 1. The Balaban J connectivity index is 1.34. The molecule has 10 amide bonds. The summed E-state index contributed by atoms with van der Waals surface area (Å²) in [6.45, 7) is 16.7. The molecular formula is C64H96N10O18. The Morgan fingerprint density at radius 2 is 1.52 bits per heavy atom. The number of nitrogens with two attached hydrogens (primary N) is 1. The van der Waals surface area contributed by atoms with E-state index in [1.54, 1.807) is 59.7 Å². The van der Waals surface area contributed by atoms with Crippen LogP contribution in [-0.4, -0.2) is 208 Å². The second-order valence-corrected chi connectivity index (χ2v) is 26.3. The molecule has 5 heterocycles. The summed E-state index contributed by atoms with van der Waals surface area (Å²) in [4.78, 5) is 188. The fourth-order valence-electron chi connectivity index (χ4n) is 12.6. The molecule has 1 aromatic rings. The zero-order valence-corrected chi connectivity index (χ0v) is 55.1. The molecule has 0 aliphatic carbocycles. The molecule has 5 aliphatic rings. The lowest BCUT2D eigenvalue weighted by atomic mass is 9.92. The van der Waals surface area contributed by atoms with Gasteiger partial charge in [-0.05, 0) is 112 Å². The van der Waals surface area contributed by atoms with Gasteiger partial charge in [0.15, 0.2) is 12.2 Å². The van der Waals surface area contributed by atoms with Gasteiger partial charge in [-0.1, -0.05) is 67.9 Å². The number of methoxy groups -OCH3 is 1. The molecule has 92 heavy (non-hydrogen) atoms. The van der Waals surface area contributed by atoms with Gasteiger partial charge in [-0.2, -0.15) is 0 Å². The zero-order chi connectivity index (χ0) is 68.2. The first-order valence-electron chi connectivity index (χ1n) is 32.3. The maximum Gasteiger partial charge on any atom is 0.329 e. The van der Waals surface area contributed by atoms with Crippen molar-refractivity contribution in [3.63, 3.8) is 0 Å². The average Bonchev–Trinajstić information content (AvgIpc) is 1.17. The summed E-state index contributed by atoms with van der Waals surface area (Å²) in [7, 11) is 2.84. The van der Waals surface area contributed by atoms with Crippen LogP contribution in [0.2, 0.25) is 0 Å². The lowest BCUT2D eigenvalue weighted by molar-refractivity contribution is -0.164. The molecule has 0 bridgehead atoms. The second kappa shape index (κ2) is 32.6. The Labute approximate surface area is 537 Å². The van der Waals surface area contributed by atoms with E-state index in [0.29, 0.717) is 36.1 Å². The highest BCUT2D eigenvalue weighted by Crippen LogP contribution is 2.32. The molecule has 0 radical (unpaired) electrons. The van der Waals surface area contributed by atoms with E-state index in [1.165, 1.54) is 42.7 Å². The maximum absolute atomic E-state index is 15.3. The summed E-state index contributed by atoms with van der Waals surface area (Å²) >= 11 is 0. The normalized spacial score (nSPS) is 26.6. The summed E-state index contributed by atoms with van der Waals surface area (Å²) in [6, 6.07) is -6.42. The highest BCUT2D eigenvalue weighted by molar-refractivity contribution is 5.98. The topological polar surface area (TPSA) is 378 Å². The Morgan fingerprint density at radius 1 is 0.826 bits per heavy atom. The largest absolute Gasteiger partial charge is 0.497 e. The van der Waals surface area contributed by atoms with Crippen LogP contribution < -0.4 is 37.1 Å². The molecule has 8 N–H and O–H groups in total. The van der Waals surface area contributed by atoms with Gasteiger partial charge in [0.2, 0.25) is 47.3 Å². The SMILES string of the molecule is CC[C@H](C)[C@@H]1NC(=O)[C@H](NC(=O)[C@@H](CC(C)C)N(C)C(=O)[C@@H]2CCCN2C(=O)[C@H](C)OC(=O)[C@@H](CCC(N)=O)NC(=O)C2CCC(=O)N2)[C@H](C)OC(=O)[C@@H]2Cc3ccc(OC)cc3CN2C(=O)[C@@H]2CCCN2C(=O)[C@H](CC(C)C)NC(=O)[C@H](C(C)C)OC(=O)C[C@@H]1O. The van der Waals surface area contributed by atoms with Crippen LogP contribution in [0.5, 0.6) is 5.75 Å². The highest BCUT2D eigenvalue weighted by Gasteiger charge is 2.48. The van der Waals surface area contributed by atoms with Crippen molar-refractivity contribution in [2.75, 3.05) is 27.2 Å². The van der Waals surface area contributed by atoms with Crippen LogP contribution in [0.4, 0.5) is 0 Å². The average molecular weight is 1290 g/mol. The van der Waals surface area contributed by atoms with Gasteiger partial charge in [0.05, 0.1) is 25.7 Å². The molecule has 1 aromatic carbocycles. The van der Waals surface area contributed by atoms with E-state index in [2.05, 4.69) is 26.6 Å². The van der Waals surface area contributed by atoms with Gasteiger partial charge in [0.1, 0.15) is 60.2 Å². The first-order chi connectivity index (χ1) is 43.3. The number of fused-ring (bicyclic) bond motifs is 3. The van der Waals surface area contributed by atoms with Crippen LogP contribution in [-0.2, 0) is 89.5 Å². The van der Waals surface area contributed by atoms with Gasteiger partial charge < -0.3 is 76.0 Å². The molecule has 5 aliphatic heterocycles. The third-order valence-corrected chi connectivity index (χ3v) is 17.9. The van der Waals surface area contributed by atoms with E-state index < -0.39 is 168 Å². The van der Waals surface area contributed by atoms with Crippen molar-refractivity contribution in [3.8, 4) is 5.75 Å². The number of ether oxygens (including phenoxy) is 4. The van der Waals surface area contributed by atoms with Crippen molar-refractivity contribution in [2.24, 2.45) is 29.4 Å². The minimum atomic E-state index is -1.81. The van der Waals surface area contributed by atoms with E-state index in [0.717, 1.165) is 4.90 Å². The summed E-state index contributed by atoms with van der Waals surface area (Å²) in [5, 5.41) is 25.2. The van der Waals surface area contributed by atoms with Crippen LogP contribution in [0.1, 0.15) is 157 Å². The second-order valence-electron chi connectivity index (χ2n) is 26.3. The fourth-order valence-corrected chi connectivity index (χ4v) is 12.6. The Hall–Kier alpha value is -7.91. The van der Waals surface area contributed by atoms with Gasteiger partial charge in [-0.25, -0.2) is 9.59 Å². The highest BCUT2D eigenvalue weighted by atomic mass is 16.6. The summed E-state index contributed by atoms with van der Waals surface area (Å²) in [5.41, 5.74) is 6.67. The maximum atomic E-state index is 15.3. The Bertz CT molecular complexity index is 2920. The van der Waals surface area contributed by atoms with Crippen LogP contribution in [0.3, 0.4) is 0 Å². The molecule has 28 heteroatoms. The Morgan fingerprint density at radius 3 is 2.14 bits per heavy atom. The van der Waals surface area contributed by atoms with Crippen LogP contribution in [0, 0.1) is 23.7 Å². The number of carbonyl (C=O) groups excluding carboxylic acids is 13. The van der Waals surface area contributed by atoms with Gasteiger partial charge in [-0.3, -0.25) is 52.7 Å². The molecule has 4 fully saturated rings. The molecule has 4 saturated heterocycles. The van der Waals surface area contributed by atoms with Gasteiger partial charge in [-0.15, -0.1) is 0 Å². The quantitative estimate of drug-likeness (QED) is 0.0693. The van der Waals surface area contributed by atoms with Gasteiger partial charge in [0.25, 0.3) is 11.8 Å². The van der Waals surface area contributed by atoms with Crippen molar-refractivity contribution in [1.29, 1.82) is 0 Å². The van der Waals surface area contributed by atoms with E-state index >= 15 is 19.2 Å². The lowest BCUT2D eigenvalue weighted by Gasteiger charge is -2.40. The van der Waals surface area contributed by atoms with Crippen LogP contribution in [0.15, 0.2) is 18.2 Å². The fraction of sp³-hybridized carbons (Fsp3) is 0.703. The van der Waals surface area contributed by atoms with Gasteiger partial charge in [0, 0.05) is 45.9 Å². The minimum Gasteiger partial charge on any atom is -0.497 e. The van der Waals surface area contributed by atoms with Crippen LogP contribution >= 0.6 is 0 Å². The summed E-state index contributed by atoms with van der Waals surface area (Å²) in [6.07, 6.45) is -5.87. The summed E-state index contributed by atoms with van der Waals surface area (Å²) < 4.78 is 23.1. The number of likely N-dealkylation sites (N-methyl/N-ethyl adjacent to an activating group) is 1. The lowest BCUT2D eigenvalue weighted by Crippen LogP contribution is -2.62. The minimum absolute atomic E-state index is 0.0117. The number of amides is 10. The van der Waals surface area contributed by atoms with Crippen molar-refractivity contribution >= 4 is 77.0 Å². The standard InChI is InChI=1S/C64H96N10O18/c1-13-35(8)52-48(75)30-51(78)92-54(34(6)7)58(82)68-43(26-32(2)3)60(84)73-25-15-17-45(73)62(86)74-31-39-28-40(89-12)19-18-38(39)29-47(74)64(88)90-36(9)53(57(81)69-52)70-56(80)46(27-33(4)5)71(11)61(85)44-16-14-24-72(44)59(83)37(10)91-63(87)42(20-22-49(65)76)67-55(79)41-21-23-50(77)66-41/h18-19,28,32-37,41-48,52-54,75H,13-17,20-27,29-31H2,1-12H3,(H2,65,76)(H,66,77)(H,67,79)(H,68,82)(H,69,81)(H,70,80)/t35-,36-,37-,41?,42+,43-,44-,45-,46+,47-,48-,52-,53+,54-/m0/s1. The predicted molar refractivity (Wildman–Crippen MR) is 329 cm³/mol. The number of nitrogens with zero attached hydrogens (tertiary/aromatic N) is 4. The van der Waals surface area contributed by atoms with Crippen LogP contribution in [0.25, 0.3) is 0 Å². The number of hydrogen-bond acceptors (Lipinski definition) is 18. The molecular weight excluding hydrogens is 1200 g/mol. The summed E-state index contributed by atoms with van der Waals surface area (Å²) in [5.74, 6) is -11.4. The Kier molecular flexibility index (Phi) is 25.9. The van der Waals surface area contributed by atoms with E-state index in [9.17, 15) is 48.3 Å². The third-order valence-electron chi connectivity index (χ3n) is 17.9. The molecule has 1 unspecified atom stereocenters. The smallest absolute Gasteiger partial charge is 0.329 e. The van der Waals surface area contributed by atoms with Crippen molar-refractivity contribution in [3.05, 3.63) is 29.3 Å². The number of aliphatic hydroxyl groups is 1. The van der Waals surface area contributed by atoms with E-state index in [4.69, 9.17) is 24.7 Å². The third kappa shape index (κ3) is 18.4. The van der Waals surface area contributed by atoms with Crippen molar-refractivity contribution < 1.29 is 86.4 Å². The molecule has 510 valence electrons. The number of cyclic esters (lactones) is 2. The molecule has 6 rings (SSSR count). The number of nitrogens with one attached hydrogen (secondary N) is 5. The first kappa shape index (κ1) is 73.1. The number of benzene rings is 1. The number of hydrogen-bond donors (Lipinski definition) is 7. The van der Waals surface area contributed by atoms with E-state index in [1.807, 2.05) is 13.8 Å². The number of primary amides is 1. The number of esters is 3. The predicted octanol–water partition coefficient (Wildman–Crippen LogP) is 0.575. The zero-order valence-electron chi connectivity index (χ0n) is 55.1. The van der Waals surface area contributed by atoms with E-state index in [-0.39, 0.29) is 95.2 Å². The molecule has 0 aromatic heterocycles. The molecule has 14 atom stereocenters. The first-order valence-corrected chi connectivity index (χ1v) is 32.3. The number of rotatable bonds is 20. The molecule has 28 nitrogen and oxygen atoms in total. The monoisotopic (exact) mass is 1290 g/mol. The number of carbonyl (C=O) groups is 13.